The van der Waals surface area contributed by atoms with Crippen LogP contribution < -0.4 is 11.1 Å². The van der Waals surface area contributed by atoms with Crippen molar-refractivity contribution < 1.29 is 18.8 Å². The zero-order valence-electron chi connectivity index (χ0n) is 9.84. The van der Waals surface area contributed by atoms with Gasteiger partial charge in [-0.25, -0.2) is 0 Å². The number of halogens is 1. The Morgan fingerprint density at radius 2 is 2.26 bits per heavy atom. The molecule has 0 saturated carbocycles. The van der Waals surface area contributed by atoms with Crippen molar-refractivity contribution in [3.63, 3.8) is 0 Å². The molecule has 1 fully saturated rings. The lowest BCUT2D eigenvalue weighted by molar-refractivity contribution is -0.387. The number of amides is 1. The smallest absolute Gasteiger partial charge is 0.306 e. The molecule has 0 spiro atoms. The molecule has 1 aliphatic rings. The second kappa shape index (κ2) is 5.29. The summed E-state index contributed by atoms with van der Waals surface area (Å²) >= 11 is 0. The summed E-state index contributed by atoms with van der Waals surface area (Å²) in [6.45, 7) is 0.498. The highest BCUT2D eigenvalue weighted by Gasteiger charge is 2.31. The number of nitrogens with two attached hydrogens (primary N) is 1. The molecule has 1 aliphatic heterocycles. The first-order valence-corrected chi connectivity index (χ1v) is 5.57. The van der Waals surface area contributed by atoms with Gasteiger partial charge >= 0.3 is 5.69 Å². The van der Waals surface area contributed by atoms with E-state index < -0.39 is 34.3 Å². The summed E-state index contributed by atoms with van der Waals surface area (Å²) in [4.78, 5) is 21.6. The molecule has 8 heteroatoms. The molecule has 0 radical (unpaired) electrons. The number of nitrogens with zero attached hydrogens (tertiary/aromatic N) is 1. The van der Waals surface area contributed by atoms with E-state index in [-0.39, 0.29) is 12.3 Å². The number of anilines is 1. The van der Waals surface area contributed by atoms with Crippen LogP contribution in [0.25, 0.3) is 0 Å². The standard InChI is InChI=1S/C11H12FN3O4/c12-8-2-1-6(3-10(8)15(17)18)14-11(16)7-4-19-5-9(7)13/h1-3,7,9H,4-5,13H2,(H,14,16). The number of nitro benzene ring substituents is 1. The Labute approximate surface area is 107 Å². The van der Waals surface area contributed by atoms with E-state index in [4.69, 9.17) is 10.5 Å². The zero-order valence-corrected chi connectivity index (χ0v) is 9.84. The minimum absolute atomic E-state index is 0.150. The minimum Gasteiger partial charge on any atom is -0.379 e. The largest absolute Gasteiger partial charge is 0.379 e. The molecule has 19 heavy (non-hydrogen) atoms. The quantitative estimate of drug-likeness (QED) is 0.618. The fraction of sp³-hybridized carbons (Fsp3) is 0.364. The molecule has 1 aromatic rings. The van der Waals surface area contributed by atoms with Crippen LogP contribution in [-0.2, 0) is 9.53 Å². The van der Waals surface area contributed by atoms with E-state index in [1.165, 1.54) is 6.07 Å². The van der Waals surface area contributed by atoms with Crippen LogP contribution in [0.1, 0.15) is 0 Å². The number of hydrogen-bond donors (Lipinski definition) is 2. The average Bonchev–Trinajstić information content (AvgIpc) is 2.77. The predicted molar refractivity (Wildman–Crippen MR) is 64.0 cm³/mol. The highest BCUT2D eigenvalue weighted by atomic mass is 19.1. The number of rotatable bonds is 3. The molecule has 2 rings (SSSR count). The van der Waals surface area contributed by atoms with Gasteiger partial charge in [-0.15, -0.1) is 0 Å². The van der Waals surface area contributed by atoms with Crippen LogP contribution in [0.4, 0.5) is 15.8 Å². The van der Waals surface area contributed by atoms with Crippen molar-refractivity contribution in [3.8, 4) is 0 Å². The maximum absolute atomic E-state index is 13.1. The Morgan fingerprint density at radius 3 is 2.84 bits per heavy atom. The lowest BCUT2D eigenvalue weighted by Gasteiger charge is -2.13. The summed E-state index contributed by atoms with van der Waals surface area (Å²) in [5, 5.41) is 13.0. The Morgan fingerprint density at radius 1 is 1.53 bits per heavy atom. The summed E-state index contributed by atoms with van der Waals surface area (Å²) in [5.74, 6) is -1.86. The van der Waals surface area contributed by atoms with Crippen LogP contribution in [0, 0.1) is 21.8 Å². The third-order valence-electron chi connectivity index (χ3n) is 2.87. The van der Waals surface area contributed by atoms with Gasteiger partial charge in [-0.1, -0.05) is 0 Å². The Balaban J connectivity index is 2.13. The highest BCUT2D eigenvalue weighted by Crippen LogP contribution is 2.22. The lowest BCUT2D eigenvalue weighted by atomic mass is 10.0. The summed E-state index contributed by atoms with van der Waals surface area (Å²) in [7, 11) is 0. The fourth-order valence-electron chi connectivity index (χ4n) is 1.81. The molecule has 102 valence electrons. The van der Waals surface area contributed by atoms with Gasteiger partial charge in [-0.3, -0.25) is 14.9 Å². The number of nitro groups is 1. The molecule has 1 aromatic carbocycles. The Hall–Kier alpha value is -2.06. The zero-order chi connectivity index (χ0) is 14.0. The molecule has 0 bridgehead atoms. The van der Waals surface area contributed by atoms with Gasteiger partial charge in [0.1, 0.15) is 0 Å². The van der Waals surface area contributed by atoms with Gasteiger partial charge in [0.15, 0.2) is 0 Å². The van der Waals surface area contributed by atoms with Crippen molar-refractivity contribution in [1.29, 1.82) is 0 Å². The number of nitrogens with one attached hydrogen (secondary N) is 1. The van der Waals surface area contributed by atoms with E-state index in [9.17, 15) is 19.3 Å². The minimum atomic E-state index is -0.955. The van der Waals surface area contributed by atoms with E-state index >= 15 is 0 Å². The lowest BCUT2D eigenvalue weighted by Crippen LogP contribution is -2.37. The number of ether oxygens (including phenoxy) is 1. The molecule has 1 amide bonds. The summed E-state index contributed by atoms with van der Waals surface area (Å²) in [5.41, 5.74) is 5.14. The first kappa shape index (κ1) is 13.4. The molecule has 2 unspecified atom stereocenters. The number of carbonyl (C=O) groups excluding carboxylic acids is 1. The SMILES string of the molecule is NC1COCC1C(=O)Nc1ccc(F)c([N+](=O)[O-])c1. The van der Waals surface area contributed by atoms with Crippen molar-refractivity contribution in [2.24, 2.45) is 11.7 Å². The monoisotopic (exact) mass is 269 g/mol. The predicted octanol–water partition coefficient (Wildman–Crippen LogP) is 0.646. The third-order valence-corrected chi connectivity index (χ3v) is 2.87. The van der Waals surface area contributed by atoms with Crippen LogP contribution >= 0.6 is 0 Å². The number of benzene rings is 1. The first-order valence-electron chi connectivity index (χ1n) is 5.57. The molecule has 3 N–H and O–H groups in total. The van der Waals surface area contributed by atoms with Crippen molar-refractivity contribution in [1.82, 2.24) is 0 Å². The van der Waals surface area contributed by atoms with E-state index in [1.54, 1.807) is 0 Å². The first-order chi connectivity index (χ1) is 8.99. The van der Waals surface area contributed by atoms with Crippen LogP contribution in [0.15, 0.2) is 18.2 Å². The third kappa shape index (κ3) is 2.85. The molecular formula is C11H12FN3O4. The van der Waals surface area contributed by atoms with Crippen molar-refractivity contribution in [2.45, 2.75) is 6.04 Å². The van der Waals surface area contributed by atoms with Gasteiger partial charge in [0.05, 0.1) is 24.1 Å². The van der Waals surface area contributed by atoms with Gasteiger partial charge in [-0.2, -0.15) is 4.39 Å². The van der Waals surface area contributed by atoms with Gasteiger partial charge in [0.2, 0.25) is 11.7 Å². The second-order valence-electron chi connectivity index (χ2n) is 4.22. The van der Waals surface area contributed by atoms with Crippen molar-refractivity contribution in [3.05, 3.63) is 34.1 Å². The summed E-state index contributed by atoms with van der Waals surface area (Å²) in [6.07, 6.45) is 0. The molecule has 2 atom stereocenters. The number of carbonyl (C=O) groups is 1. The molecule has 1 saturated heterocycles. The topological polar surface area (TPSA) is 107 Å². The molecule has 1 heterocycles. The number of hydrogen-bond acceptors (Lipinski definition) is 5. The molecular weight excluding hydrogens is 257 g/mol. The highest BCUT2D eigenvalue weighted by molar-refractivity contribution is 5.93. The summed E-state index contributed by atoms with van der Waals surface area (Å²) < 4.78 is 18.2. The van der Waals surface area contributed by atoms with E-state index in [2.05, 4.69) is 5.32 Å². The van der Waals surface area contributed by atoms with Crippen LogP contribution in [-0.4, -0.2) is 30.1 Å². The van der Waals surface area contributed by atoms with Gasteiger partial charge in [-0.05, 0) is 12.1 Å². The van der Waals surface area contributed by atoms with Crippen LogP contribution in [0.5, 0.6) is 0 Å². The maximum atomic E-state index is 13.1. The Kier molecular flexibility index (Phi) is 3.72. The van der Waals surface area contributed by atoms with Crippen molar-refractivity contribution in [2.75, 3.05) is 18.5 Å². The normalized spacial score (nSPS) is 22.2. The van der Waals surface area contributed by atoms with E-state index in [1.807, 2.05) is 0 Å². The molecule has 7 nitrogen and oxygen atoms in total. The van der Waals surface area contributed by atoms with Gasteiger partial charge in [0.25, 0.3) is 0 Å². The average molecular weight is 269 g/mol. The van der Waals surface area contributed by atoms with Crippen LogP contribution in [0.3, 0.4) is 0 Å². The van der Waals surface area contributed by atoms with Crippen LogP contribution in [0.2, 0.25) is 0 Å². The Bertz CT molecular complexity index is 523. The molecule has 0 aliphatic carbocycles. The summed E-state index contributed by atoms with van der Waals surface area (Å²) in [6, 6.07) is 2.74. The fourth-order valence-corrected chi connectivity index (χ4v) is 1.81. The van der Waals surface area contributed by atoms with Gasteiger partial charge in [0, 0.05) is 17.8 Å². The van der Waals surface area contributed by atoms with Gasteiger partial charge < -0.3 is 15.8 Å². The second-order valence-corrected chi connectivity index (χ2v) is 4.22. The van der Waals surface area contributed by atoms with E-state index in [0.29, 0.717) is 6.61 Å². The van der Waals surface area contributed by atoms with Crippen molar-refractivity contribution >= 4 is 17.3 Å². The maximum Gasteiger partial charge on any atom is 0.306 e. The molecule has 0 aromatic heterocycles. The van der Waals surface area contributed by atoms with E-state index in [0.717, 1.165) is 12.1 Å².